The zero-order valence-corrected chi connectivity index (χ0v) is 19.4. The van der Waals surface area contributed by atoms with Crippen molar-refractivity contribution in [3.63, 3.8) is 0 Å². The molecule has 0 saturated heterocycles. The van der Waals surface area contributed by atoms with Crippen molar-refractivity contribution < 1.29 is 61.2 Å². The van der Waals surface area contributed by atoms with Crippen molar-refractivity contribution in [2.24, 2.45) is 11.7 Å². The molecule has 0 saturated carbocycles. The van der Waals surface area contributed by atoms with E-state index in [2.05, 4.69) is 9.78 Å². The molecule has 1 amide bonds. The molecule has 1 heterocycles. The first-order chi connectivity index (χ1) is 17.7. The van der Waals surface area contributed by atoms with Crippen molar-refractivity contribution in [2.75, 3.05) is 0 Å². The van der Waals surface area contributed by atoms with E-state index in [-0.39, 0.29) is 23.8 Å². The number of hydrogen-bond donors (Lipinski definition) is 4. The standard InChI is InChI=1S/C22H20F3N3O10/c1-10(18(30)28-14(19(31)32)8-16(29)37-38-21(34)22(23,24)25)6-11-7-15(35-9-11)20(33)36-13-4-2-12(3-5-13)17(26)27/h2-5,7,9-10,14H,6,8H2,1H3,(H3,26,27)(H,28,30)(H,31,32)/t10?,14-/m0/s1. The van der Waals surface area contributed by atoms with Gasteiger partial charge in [0.2, 0.25) is 11.7 Å². The highest BCUT2D eigenvalue weighted by Crippen LogP contribution is 2.18. The van der Waals surface area contributed by atoms with E-state index < -0.39 is 54.3 Å². The highest BCUT2D eigenvalue weighted by molar-refractivity contribution is 5.95. The Hall–Kier alpha value is -4.89. The first kappa shape index (κ1) is 29.3. The summed E-state index contributed by atoms with van der Waals surface area (Å²) in [5.74, 6) is -9.07. The molecule has 1 aromatic carbocycles. The number of benzene rings is 1. The summed E-state index contributed by atoms with van der Waals surface area (Å²) < 4.78 is 46.4. The van der Waals surface area contributed by atoms with Gasteiger partial charge in [-0.3, -0.25) is 10.2 Å². The van der Waals surface area contributed by atoms with Crippen molar-refractivity contribution in [3.05, 3.63) is 53.5 Å². The summed E-state index contributed by atoms with van der Waals surface area (Å²) in [7, 11) is 0. The number of alkyl halides is 3. The molecule has 0 aliphatic rings. The largest absolute Gasteiger partial charge is 0.495 e. The third kappa shape index (κ3) is 8.65. The van der Waals surface area contributed by atoms with Crippen LogP contribution in [0, 0.1) is 11.3 Å². The average Bonchev–Trinajstić information content (AvgIpc) is 3.30. The van der Waals surface area contributed by atoms with Gasteiger partial charge in [0.1, 0.15) is 17.6 Å². The van der Waals surface area contributed by atoms with Gasteiger partial charge < -0.3 is 25.3 Å². The van der Waals surface area contributed by atoms with E-state index in [9.17, 15) is 42.3 Å². The van der Waals surface area contributed by atoms with E-state index in [4.69, 9.17) is 20.3 Å². The van der Waals surface area contributed by atoms with Crippen LogP contribution >= 0.6 is 0 Å². The number of amidine groups is 1. The van der Waals surface area contributed by atoms with Gasteiger partial charge in [-0.1, -0.05) is 6.92 Å². The summed E-state index contributed by atoms with van der Waals surface area (Å²) in [4.78, 5) is 65.0. The Balaban J connectivity index is 1.91. The van der Waals surface area contributed by atoms with Gasteiger partial charge in [-0.2, -0.15) is 13.2 Å². The molecule has 0 aliphatic carbocycles. The fourth-order valence-corrected chi connectivity index (χ4v) is 2.74. The highest BCUT2D eigenvalue weighted by atomic mass is 19.4. The first-order valence-corrected chi connectivity index (χ1v) is 10.4. The van der Waals surface area contributed by atoms with Gasteiger partial charge in [-0.15, -0.1) is 0 Å². The van der Waals surface area contributed by atoms with Crippen LogP contribution in [0.3, 0.4) is 0 Å². The number of nitrogen functional groups attached to an aromatic ring is 1. The molecule has 2 aromatic rings. The molecule has 2 atom stereocenters. The smallest absolute Gasteiger partial charge is 0.480 e. The lowest BCUT2D eigenvalue weighted by molar-refractivity contribution is -0.286. The number of esters is 1. The number of carbonyl (C=O) groups is 5. The second-order valence-electron chi connectivity index (χ2n) is 7.68. The number of halogens is 3. The quantitative estimate of drug-likeness (QED) is 0.0842. The Bertz CT molecular complexity index is 1220. The van der Waals surface area contributed by atoms with Crippen LogP contribution in [0.1, 0.15) is 35.0 Å². The van der Waals surface area contributed by atoms with E-state index in [0.717, 1.165) is 0 Å². The Morgan fingerprint density at radius 1 is 1.13 bits per heavy atom. The van der Waals surface area contributed by atoms with Gasteiger partial charge in [0, 0.05) is 11.5 Å². The summed E-state index contributed by atoms with van der Waals surface area (Å²) in [6.45, 7) is 1.39. The van der Waals surface area contributed by atoms with Crippen molar-refractivity contribution in [1.29, 1.82) is 5.41 Å². The molecule has 2 rings (SSSR count). The number of carboxylic acid groups (broad SMARTS) is 1. The summed E-state index contributed by atoms with van der Waals surface area (Å²) >= 11 is 0. The Morgan fingerprint density at radius 3 is 2.32 bits per heavy atom. The van der Waals surface area contributed by atoms with E-state index in [0.29, 0.717) is 11.1 Å². The number of rotatable bonds is 10. The molecule has 0 aliphatic heterocycles. The Labute approximate surface area is 211 Å². The monoisotopic (exact) mass is 543 g/mol. The van der Waals surface area contributed by atoms with Crippen molar-refractivity contribution in [2.45, 2.75) is 32.0 Å². The second kappa shape index (κ2) is 12.4. The van der Waals surface area contributed by atoms with Crippen LogP contribution in [0.2, 0.25) is 0 Å². The number of nitrogens with one attached hydrogen (secondary N) is 2. The van der Waals surface area contributed by atoms with Gasteiger partial charge >= 0.3 is 30.1 Å². The van der Waals surface area contributed by atoms with Crippen LogP contribution < -0.4 is 15.8 Å². The minimum atomic E-state index is -5.44. The number of carboxylic acids is 1. The van der Waals surface area contributed by atoms with Crippen LogP contribution in [0.25, 0.3) is 0 Å². The van der Waals surface area contributed by atoms with Gasteiger partial charge in [-0.25, -0.2) is 29.0 Å². The number of furan rings is 1. The number of nitrogens with two attached hydrogens (primary N) is 1. The molecule has 1 aromatic heterocycles. The van der Waals surface area contributed by atoms with E-state index in [1.54, 1.807) is 0 Å². The maximum Gasteiger partial charge on any atom is 0.495 e. The summed E-state index contributed by atoms with van der Waals surface area (Å²) in [5, 5.41) is 18.5. The third-order valence-corrected chi connectivity index (χ3v) is 4.65. The molecule has 13 nitrogen and oxygen atoms in total. The van der Waals surface area contributed by atoms with Crippen LogP contribution in [-0.4, -0.2) is 52.9 Å². The zero-order valence-electron chi connectivity index (χ0n) is 19.4. The van der Waals surface area contributed by atoms with Crippen molar-refractivity contribution >= 4 is 35.6 Å². The van der Waals surface area contributed by atoms with Crippen molar-refractivity contribution in [3.8, 4) is 5.75 Å². The highest BCUT2D eigenvalue weighted by Gasteiger charge is 2.43. The molecule has 16 heteroatoms. The van der Waals surface area contributed by atoms with E-state index in [1.807, 2.05) is 5.32 Å². The van der Waals surface area contributed by atoms with Gasteiger partial charge in [0.25, 0.3) is 0 Å². The number of hydrogen-bond acceptors (Lipinski definition) is 10. The molecule has 204 valence electrons. The van der Waals surface area contributed by atoms with Crippen molar-refractivity contribution in [1.82, 2.24) is 5.32 Å². The Morgan fingerprint density at radius 2 is 1.76 bits per heavy atom. The van der Waals surface area contributed by atoms with Gasteiger partial charge in [0.15, 0.2) is 0 Å². The predicted octanol–water partition coefficient (Wildman–Crippen LogP) is 1.48. The van der Waals surface area contributed by atoms with Crippen LogP contribution in [0.4, 0.5) is 13.2 Å². The number of aliphatic carboxylic acids is 1. The molecular formula is C22H20F3N3O10. The first-order valence-electron chi connectivity index (χ1n) is 10.4. The van der Waals surface area contributed by atoms with Crippen LogP contribution in [0.15, 0.2) is 41.0 Å². The lowest BCUT2D eigenvalue weighted by Gasteiger charge is -2.16. The minimum absolute atomic E-state index is 0.0457. The zero-order chi connectivity index (χ0) is 28.6. The number of carbonyl (C=O) groups excluding carboxylic acids is 4. The van der Waals surface area contributed by atoms with Gasteiger partial charge in [-0.05, 0) is 42.3 Å². The molecule has 38 heavy (non-hydrogen) atoms. The molecule has 0 spiro atoms. The minimum Gasteiger partial charge on any atom is -0.480 e. The predicted molar refractivity (Wildman–Crippen MR) is 116 cm³/mol. The van der Waals surface area contributed by atoms with E-state index in [1.165, 1.54) is 43.5 Å². The molecule has 0 radical (unpaired) electrons. The van der Waals surface area contributed by atoms with E-state index >= 15 is 0 Å². The molecule has 0 bridgehead atoms. The lowest BCUT2D eigenvalue weighted by atomic mass is 10.0. The SMILES string of the molecule is CC(Cc1coc(C(=O)Oc2ccc(C(=N)N)cc2)c1)C(=O)N[C@@H](CC(=O)OOC(=O)C(F)(F)F)C(=O)O. The normalized spacial score (nSPS) is 12.5. The molecular weight excluding hydrogens is 523 g/mol. The lowest BCUT2D eigenvalue weighted by Crippen LogP contribution is -2.45. The fourth-order valence-electron chi connectivity index (χ4n) is 2.74. The molecule has 1 unspecified atom stereocenters. The van der Waals surface area contributed by atoms with Crippen LogP contribution in [0.5, 0.6) is 5.75 Å². The Kier molecular flexibility index (Phi) is 9.56. The number of amides is 1. The summed E-state index contributed by atoms with van der Waals surface area (Å²) in [6, 6.07) is 5.15. The second-order valence-corrected chi connectivity index (χ2v) is 7.68. The average molecular weight is 543 g/mol. The maximum absolute atomic E-state index is 12.4. The van der Waals surface area contributed by atoms with Gasteiger partial charge in [0.05, 0.1) is 12.7 Å². The summed E-state index contributed by atoms with van der Waals surface area (Å²) in [5.41, 5.74) is 6.13. The maximum atomic E-state index is 12.4. The fraction of sp³-hybridized carbons (Fsp3) is 0.273. The molecule has 0 fully saturated rings. The number of ether oxygens (including phenoxy) is 1. The third-order valence-electron chi connectivity index (χ3n) is 4.65. The topological polar surface area (TPSA) is 208 Å². The van der Waals surface area contributed by atoms with Crippen LogP contribution in [-0.2, 0) is 35.4 Å². The molecule has 5 N–H and O–H groups in total. The summed E-state index contributed by atoms with van der Waals surface area (Å²) in [6.07, 6.45) is -5.47.